The molecule has 72 valence electrons. The predicted molar refractivity (Wildman–Crippen MR) is 42.5 cm³/mol. The van der Waals surface area contributed by atoms with Crippen molar-refractivity contribution in [2.45, 2.75) is 6.92 Å². The smallest absolute Gasteiger partial charge is 0.512 e. The van der Waals surface area contributed by atoms with Gasteiger partial charge in [0, 0.05) is 5.69 Å². The standard InChI is InChI=1S/C7H8N2O.CN.Cu/c1-5-3-2-4-6(9-5)7(8)10;1-2;/h2-4H,1H3,(H2,8,10);;/q;-1;+1. The minimum atomic E-state index is -0.483. The number of primary amides is 1. The summed E-state index contributed by atoms with van der Waals surface area (Å²) in [4.78, 5) is 14.4. The van der Waals surface area contributed by atoms with Crippen molar-refractivity contribution in [3.05, 3.63) is 36.2 Å². The summed E-state index contributed by atoms with van der Waals surface area (Å²) in [6, 6.07) is 5.16. The van der Waals surface area contributed by atoms with Crippen LogP contribution >= 0.6 is 0 Å². The topological polar surface area (TPSA) is 79.8 Å². The number of aromatic nitrogens is 1. The predicted octanol–water partition coefficient (Wildman–Crippen LogP) is 0.583. The first-order valence-electron chi connectivity index (χ1n) is 3.16. The van der Waals surface area contributed by atoms with Crippen LogP contribution in [0.3, 0.4) is 0 Å². The number of hydrogen-bond donors (Lipinski definition) is 1. The van der Waals surface area contributed by atoms with E-state index >= 15 is 0 Å². The average Bonchev–Trinajstić information content (AvgIpc) is 2.08. The second kappa shape index (κ2) is 7.29. The molecule has 0 aliphatic rings. The monoisotopic (exact) mass is 225 g/mol. The summed E-state index contributed by atoms with van der Waals surface area (Å²) >= 11 is 0. The van der Waals surface area contributed by atoms with Crippen LogP contribution in [-0.4, -0.2) is 10.9 Å². The van der Waals surface area contributed by atoms with E-state index in [9.17, 15) is 4.79 Å². The molecule has 1 heterocycles. The van der Waals surface area contributed by atoms with Crippen LogP contribution in [0.2, 0.25) is 0 Å². The number of pyridine rings is 1. The van der Waals surface area contributed by atoms with Crippen LogP contribution < -0.4 is 5.73 Å². The maximum Gasteiger partial charge on any atom is 1.00 e. The molecule has 0 bridgehead atoms. The summed E-state index contributed by atoms with van der Waals surface area (Å²) in [6.07, 6.45) is 0. The molecule has 0 unspecified atom stereocenters. The van der Waals surface area contributed by atoms with Crippen molar-refractivity contribution in [3.8, 4) is 0 Å². The van der Waals surface area contributed by atoms with Gasteiger partial charge in [-0.3, -0.25) is 4.79 Å². The molecule has 0 saturated heterocycles. The molecule has 4 nitrogen and oxygen atoms in total. The number of rotatable bonds is 1. The Labute approximate surface area is 87.2 Å². The van der Waals surface area contributed by atoms with E-state index in [-0.39, 0.29) is 17.1 Å². The van der Waals surface area contributed by atoms with E-state index in [0.717, 1.165) is 5.69 Å². The summed E-state index contributed by atoms with van der Waals surface area (Å²) in [7, 11) is 0. The second-order valence-corrected chi connectivity index (χ2v) is 2.03. The van der Waals surface area contributed by atoms with Gasteiger partial charge in [-0.1, -0.05) is 6.07 Å². The first-order valence-corrected chi connectivity index (χ1v) is 3.16. The minimum absolute atomic E-state index is 0. The SMILES string of the molecule is Cc1cccc(C(N)=O)n1.[C-]#N.[Cu+]. The number of carbonyl (C=O) groups excluding carboxylic acids is 1. The van der Waals surface area contributed by atoms with Crippen LogP contribution in [0.4, 0.5) is 0 Å². The quantitative estimate of drug-likeness (QED) is 0.561. The fourth-order valence-electron chi connectivity index (χ4n) is 0.680. The molecule has 0 aliphatic carbocycles. The van der Waals surface area contributed by atoms with Crippen molar-refractivity contribution in [1.82, 2.24) is 4.98 Å². The summed E-state index contributed by atoms with van der Waals surface area (Å²) in [5.41, 5.74) is 6.10. The molecule has 0 atom stereocenters. The number of amides is 1. The molecule has 0 saturated carbocycles. The molecule has 1 aromatic heterocycles. The van der Waals surface area contributed by atoms with Gasteiger partial charge >= 0.3 is 17.1 Å². The maximum atomic E-state index is 10.5. The maximum absolute atomic E-state index is 10.5. The molecular formula is C8H8CuN3O. The summed E-state index contributed by atoms with van der Waals surface area (Å²) < 4.78 is 0. The molecule has 0 spiro atoms. The van der Waals surface area contributed by atoms with Crippen molar-refractivity contribution in [1.29, 1.82) is 5.26 Å². The van der Waals surface area contributed by atoms with Gasteiger partial charge in [-0.2, -0.15) is 0 Å². The molecule has 1 rings (SSSR count). The van der Waals surface area contributed by atoms with Gasteiger partial charge in [-0.15, -0.1) is 0 Å². The Bertz CT molecular complexity index is 298. The Morgan fingerprint density at radius 3 is 2.38 bits per heavy atom. The summed E-state index contributed by atoms with van der Waals surface area (Å²) in [5.74, 6) is -0.483. The van der Waals surface area contributed by atoms with Crippen molar-refractivity contribution >= 4 is 5.91 Å². The third kappa shape index (κ3) is 4.96. The zero-order valence-electron chi connectivity index (χ0n) is 6.91. The Kier molecular flexibility index (Phi) is 7.94. The Balaban J connectivity index is 0. The van der Waals surface area contributed by atoms with Crippen LogP contribution in [-0.2, 0) is 17.1 Å². The first-order chi connectivity index (χ1) is 5.70. The molecule has 2 N–H and O–H groups in total. The van der Waals surface area contributed by atoms with Crippen LogP contribution in [0, 0.1) is 18.8 Å². The minimum Gasteiger partial charge on any atom is -0.512 e. The third-order valence-electron chi connectivity index (χ3n) is 1.14. The van der Waals surface area contributed by atoms with Crippen LogP contribution in [0.15, 0.2) is 18.2 Å². The first kappa shape index (κ1) is 14.2. The summed E-state index contributed by atoms with van der Waals surface area (Å²) in [6.45, 7) is 6.56. The van der Waals surface area contributed by atoms with Gasteiger partial charge < -0.3 is 17.6 Å². The molecule has 0 aliphatic heterocycles. The van der Waals surface area contributed by atoms with Crippen molar-refractivity contribution < 1.29 is 21.9 Å². The van der Waals surface area contributed by atoms with Crippen LogP contribution in [0.5, 0.6) is 0 Å². The normalized spacial score (nSPS) is 7.31. The van der Waals surface area contributed by atoms with Gasteiger partial charge in [0.1, 0.15) is 5.69 Å². The number of aryl methyl sites for hydroxylation is 1. The Morgan fingerprint density at radius 1 is 1.54 bits per heavy atom. The van der Waals surface area contributed by atoms with E-state index in [4.69, 9.17) is 17.6 Å². The zero-order chi connectivity index (χ0) is 9.56. The van der Waals surface area contributed by atoms with Gasteiger partial charge in [-0.25, -0.2) is 4.98 Å². The number of nitrogens with zero attached hydrogens (tertiary/aromatic N) is 2. The second-order valence-electron chi connectivity index (χ2n) is 2.03. The fourth-order valence-corrected chi connectivity index (χ4v) is 0.680. The number of nitrogens with two attached hydrogens (primary N) is 1. The van der Waals surface area contributed by atoms with Gasteiger partial charge in [0.15, 0.2) is 0 Å². The van der Waals surface area contributed by atoms with Crippen molar-refractivity contribution in [3.63, 3.8) is 0 Å². The van der Waals surface area contributed by atoms with Crippen LogP contribution in [0.25, 0.3) is 0 Å². The van der Waals surface area contributed by atoms with E-state index in [0.29, 0.717) is 5.69 Å². The van der Waals surface area contributed by atoms with E-state index in [1.807, 2.05) is 13.0 Å². The van der Waals surface area contributed by atoms with Crippen molar-refractivity contribution in [2.24, 2.45) is 5.73 Å². The Morgan fingerprint density at radius 2 is 2.08 bits per heavy atom. The molecular weight excluding hydrogens is 218 g/mol. The summed E-state index contributed by atoms with van der Waals surface area (Å²) in [5, 5.41) is 6.25. The van der Waals surface area contributed by atoms with E-state index in [2.05, 4.69) is 4.98 Å². The van der Waals surface area contributed by atoms with Gasteiger partial charge in [-0.05, 0) is 19.1 Å². The largest absolute Gasteiger partial charge is 1.00 e. The molecule has 5 heteroatoms. The van der Waals surface area contributed by atoms with Gasteiger partial charge in [0.2, 0.25) is 0 Å². The molecule has 13 heavy (non-hydrogen) atoms. The van der Waals surface area contributed by atoms with E-state index in [1.54, 1.807) is 12.1 Å². The molecule has 1 aromatic rings. The third-order valence-corrected chi connectivity index (χ3v) is 1.14. The molecule has 0 aromatic carbocycles. The molecule has 0 radical (unpaired) electrons. The average molecular weight is 226 g/mol. The molecule has 0 fully saturated rings. The van der Waals surface area contributed by atoms with Gasteiger partial charge in [0.05, 0.1) is 0 Å². The van der Waals surface area contributed by atoms with Crippen LogP contribution in [0.1, 0.15) is 16.2 Å². The zero-order valence-corrected chi connectivity index (χ0v) is 7.86. The number of hydrogen-bond acceptors (Lipinski definition) is 3. The number of carbonyl (C=O) groups is 1. The fraction of sp³-hybridized carbons (Fsp3) is 0.125. The van der Waals surface area contributed by atoms with Gasteiger partial charge in [0.25, 0.3) is 5.91 Å². The molecule has 1 amide bonds. The Hall–Kier alpha value is -1.37. The van der Waals surface area contributed by atoms with E-state index in [1.165, 1.54) is 0 Å². The van der Waals surface area contributed by atoms with E-state index < -0.39 is 5.91 Å². The van der Waals surface area contributed by atoms with Crippen molar-refractivity contribution in [2.75, 3.05) is 0 Å².